The van der Waals surface area contributed by atoms with Gasteiger partial charge in [-0.05, 0) is 31.7 Å². The molecule has 1 saturated carbocycles. The highest BCUT2D eigenvalue weighted by Gasteiger charge is 2.19. The van der Waals surface area contributed by atoms with Crippen LogP contribution in [-0.2, 0) is 4.74 Å². The SMILES string of the molecule is CCCCCCCCOCCNCC1CC1. The van der Waals surface area contributed by atoms with Gasteiger partial charge >= 0.3 is 0 Å². The van der Waals surface area contributed by atoms with Gasteiger partial charge in [0, 0.05) is 13.2 Å². The average Bonchev–Trinajstić information content (AvgIpc) is 3.10. The van der Waals surface area contributed by atoms with Crippen LogP contribution in [0.3, 0.4) is 0 Å². The Labute approximate surface area is 101 Å². The molecular formula is C14H29NO. The number of nitrogens with one attached hydrogen (secondary N) is 1. The molecule has 0 saturated heterocycles. The first kappa shape index (κ1) is 14.0. The molecule has 2 nitrogen and oxygen atoms in total. The smallest absolute Gasteiger partial charge is 0.0590 e. The van der Waals surface area contributed by atoms with E-state index in [2.05, 4.69) is 12.2 Å². The summed E-state index contributed by atoms with van der Waals surface area (Å²) in [5, 5.41) is 3.44. The predicted octanol–water partition coefficient (Wildman–Crippen LogP) is 3.36. The molecule has 0 spiro atoms. The fraction of sp³-hybridized carbons (Fsp3) is 1.00. The summed E-state index contributed by atoms with van der Waals surface area (Å²) in [6, 6.07) is 0. The van der Waals surface area contributed by atoms with Crippen molar-refractivity contribution in [3.05, 3.63) is 0 Å². The molecule has 0 radical (unpaired) electrons. The van der Waals surface area contributed by atoms with E-state index >= 15 is 0 Å². The number of ether oxygens (including phenoxy) is 1. The molecule has 1 N–H and O–H groups in total. The maximum Gasteiger partial charge on any atom is 0.0590 e. The van der Waals surface area contributed by atoms with Gasteiger partial charge in [0.05, 0.1) is 6.61 Å². The van der Waals surface area contributed by atoms with Gasteiger partial charge in [-0.2, -0.15) is 0 Å². The lowest BCUT2D eigenvalue weighted by Gasteiger charge is -2.05. The van der Waals surface area contributed by atoms with Crippen molar-refractivity contribution in [2.45, 2.75) is 58.3 Å². The van der Waals surface area contributed by atoms with Crippen molar-refractivity contribution < 1.29 is 4.74 Å². The topological polar surface area (TPSA) is 21.3 Å². The quantitative estimate of drug-likeness (QED) is 0.516. The normalized spacial score (nSPS) is 15.6. The van der Waals surface area contributed by atoms with E-state index in [0.29, 0.717) is 0 Å². The van der Waals surface area contributed by atoms with Crippen molar-refractivity contribution >= 4 is 0 Å². The molecule has 0 bridgehead atoms. The zero-order chi connectivity index (χ0) is 11.5. The van der Waals surface area contributed by atoms with Crippen molar-refractivity contribution in [1.82, 2.24) is 5.32 Å². The Hall–Kier alpha value is -0.0800. The third-order valence-corrected chi connectivity index (χ3v) is 3.20. The van der Waals surface area contributed by atoms with E-state index in [9.17, 15) is 0 Å². The first-order chi connectivity index (χ1) is 7.93. The highest BCUT2D eigenvalue weighted by molar-refractivity contribution is 4.74. The molecule has 0 amide bonds. The lowest BCUT2D eigenvalue weighted by Crippen LogP contribution is -2.22. The van der Waals surface area contributed by atoms with Gasteiger partial charge in [0.15, 0.2) is 0 Å². The monoisotopic (exact) mass is 227 g/mol. The standard InChI is InChI=1S/C14H29NO/c1-2-3-4-5-6-7-11-16-12-10-15-13-14-8-9-14/h14-15H,2-13H2,1H3. The van der Waals surface area contributed by atoms with Gasteiger partial charge in [0.25, 0.3) is 0 Å². The van der Waals surface area contributed by atoms with Gasteiger partial charge in [-0.1, -0.05) is 39.0 Å². The van der Waals surface area contributed by atoms with Gasteiger partial charge in [-0.15, -0.1) is 0 Å². The first-order valence-electron chi connectivity index (χ1n) is 7.22. The molecule has 0 aromatic carbocycles. The molecule has 0 heterocycles. The first-order valence-corrected chi connectivity index (χ1v) is 7.22. The number of hydrogen-bond acceptors (Lipinski definition) is 2. The average molecular weight is 227 g/mol. The second kappa shape index (κ2) is 10.1. The number of unbranched alkanes of at least 4 members (excludes halogenated alkanes) is 5. The summed E-state index contributed by atoms with van der Waals surface area (Å²) in [6.45, 7) is 6.35. The molecule has 1 fully saturated rings. The summed E-state index contributed by atoms with van der Waals surface area (Å²) in [5.74, 6) is 0.985. The van der Waals surface area contributed by atoms with Crippen molar-refractivity contribution in [3.8, 4) is 0 Å². The third kappa shape index (κ3) is 9.17. The minimum atomic E-state index is 0.891. The van der Waals surface area contributed by atoms with E-state index in [1.54, 1.807) is 0 Å². The van der Waals surface area contributed by atoms with E-state index in [0.717, 1.165) is 25.7 Å². The van der Waals surface area contributed by atoms with Gasteiger partial charge in [-0.3, -0.25) is 0 Å². The Morgan fingerprint density at radius 1 is 1.00 bits per heavy atom. The summed E-state index contributed by atoms with van der Waals surface area (Å²) in [6.07, 6.45) is 11.0. The Bertz CT molecular complexity index is 146. The number of rotatable bonds is 12. The molecular weight excluding hydrogens is 198 g/mol. The van der Waals surface area contributed by atoms with Crippen LogP contribution in [0.1, 0.15) is 58.3 Å². The maximum atomic E-state index is 5.58. The second-order valence-corrected chi connectivity index (χ2v) is 5.03. The molecule has 1 aliphatic carbocycles. The van der Waals surface area contributed by atoms with E-state index in [4.69, 9.17) is 4.74 Å². The summed E-state index contributed by atoms with van der Waals surface area (Å²) in [5.41, 5.74) is 0. The van der Waals surface area contributed by atoms with Crippen LogP contribution >= 0.6 is 0 Å². The highest BCUT2D eigenvalue weighted by Crippen LogP contribution is 2.27. The largest absolute Gasteiger partial charge is 0.380 e. The molecule has 1 aliphatic rings. The second-order valence-electron chi connectivity index (χ2n) is 5.03. The maximum absolute atomic E-state index is 5.58. The molecule has 96 valence electrons. The van der Waals surface area contributed by atoms with Gasteiger partial charge in [-0.25, -0.2) is 0 Å². The van der Waals surface area contributed by atoms with Crippen LogP contribution in [0.4, 0.5) is 0 Å². The van der Waals surface area contributed by atoms with E-state index in [1.807, 2.05) is 0 Å². The van der Waals surface area contributed by atoms with Crippen LogP contribution in [0.5, 0.6) is 0 Å². The molecule has 0 aliphatic heterocycles. The van der Waals surface area contributed by atoms with Crippen LogP contribution < -0.4 is 5.32 Å². The van der Waals surface area contributed by atoms with Crippen molar-refractivity contribution in [1.29, 1.82) is 0 Å². The zero-order valence-electron chi connectivity index (χ0n) is 11.0. The number of hydrogen-bond donors (Lipinski definition) is 1. The third-order valence-electron chi connectivity index (χ3n) is 3.20. The molecule has 0 unspecified atom stereocenters. The van der Waals surface area contributed by atoms with Crippen molar-refractivity contribution in [2.75, 3.05) is 26.3 Å². The summed E-state index contributed by atoms with van der Waals surface area (Å²) in [7, 11) is 0. The predicted molar refractivity (Wildman–Crippen MR) is 69.8 cm³/mol. The molecule has 0 atom stereocenters. The molecule has 2 heteroatoms. The Morgan fingerprint density at radius 2 is 1.75 bits per heavy atom. The minimum Gasteiger partial charge on any atom is -0.380 e. The fourth-order valence-electron chi connectivity index (χ4n) is 1.86. The summed E-state index contributed by atoms with van der Waals surface area (Å²) < 4.78 is 5.58. The summed E-state index contributed by atoms with van der Waals surface area (Å²) >= 11 is 0. The molecule has 0 aromatic rings. The lowest BCUT2D eigenvalue weighted by molar-refractivity contribution is 0.131. The van der Waals surface area contributed by atoms with Crippen molar-refractivity contribution in [2.24, 2.45) is 5.92 Å². The Balaban J connectivity index is 1.61. The van der Waals surface area contributed by atoms with Gasteiger partial charge in [0.2, 0.25) is 0 Å². The van der Waals surface area contributed by atoms with E-state index in [-0.39, 0.29) is 0 Å². The minimum absolute atomic E-state index is 0.891. The van der Waals surface area contributed by atoms with Gasteiger partial charge < -0.3 is 10.1 Å². The Morgan fingerprint density at radius 3 is 2.50 bits per heavy atom. The van der Waals surface area contributed by atoms with Crippen LogP contribution in [0.2, 0.25) is 0 Å². The lowest BCUT2D eigenvalue weighted by atomic mass is 10.1. The molecule has 0 aromatic heterocycles. The molecule has 16 heavy (non-hydrogen) atoms. The summed E-state index contributed by atoms with van der Waals surface area (Å²) in [4.78, 5) is 0. The zero-order valence-corrected chi connectivity index (χ0v) is 11.0. The fourth-order valence-corrected chi connectivity index (χ4v) is 1.86. The van der Waals surface area contributed by atoms with Crippen molar-refractivity contribution in [3.63, 3.8) is 0 Å². The van der Waals surface area contributed by atoms with E-state index < -0.39 is 0 Å². The van der Waals surface area contributed by atoms with E-state index in [1.165, 1.54) is 57.9 Å². The Kier molecular flexibility index (Phi) is 8.83. The highest BCUT2D eigenvalue weighted by atomic mass is 16.5. The molecule has 1 rings (SSSR count). The van der Waals surface area contributed by atoms with Crippen LogP contribution in [0, 0.1) is 5.92 Å². The van der Waals surface area contributed by atoms with Gasteiger partial charge in [0.1, 0.15) is 0 Å². The van der Waals surface area contributed by atoms with Crippen LogP contribution in [-0.4, -0.2) is 26.3 Å². The van der Waals surface area contributed by atoms with Crippen LogP contribution in [0.25, 0.3) is 0 Å². The van der Waals surface area contributed by atoms with Crippen LogP contribution in [0.15, 0.2) is 0 Å².